The van der Waals surface area contributed by atoms with Crippen LogP contribution in [0.1, 0.15) is 64.7 Å². The summed E-state index contributed by atoms with van der Waals surface area (Å²) >= 11 is 0. The molecule has 0 heterocycles. The fraction of sp³-hybridized carbons (Fsp3) is 1.00. The van der Waals surface area contributed by atoms with Crippen LogP contribution < -0.4 is 5.73 Å². The zero-order valence-electron chi connectivity index (χ0n) is 11.1. The Morgan fingerprint density at radius 1 is 1.18 bits per heavy atom. The predicted octanol–water partition coefficient (Wildman–Crippen LogP) is 2.20. The summed E-state index contributed by atoms with van der Waals surface area (Å²) in [5.74, 6) is 0.659. The van der Waals surface area contributed by atoms with Crippen molar-refractivity contribution < 1.29 is 10.2 Å². The highest BCUT2D eigenvalue weighted by Gasteiger charge is 2.26. The third-order valence-electron chi connectivity index (χ3n) is 4.02. The van der Waals surface area contributed by atoms with Gasteiger partial charge in [0.1, 0.15) is 0 Å². The van der Waals surface area contributed by atoms with Crippen LogP contribution >= 0.6 is 0 Å². The Morgan fingerprint density at radius 2 is 1.82 bits per heavy atom. The summed E-state index contributed by atoms with van der Waals surface area (Å²) in [7, 11) is 0. The molecule has 17 heavy (non-hydrogen) atoms. The van der Waals surface area contributed by atoms with Gasteiger partial charge >= 0.3 is 0 Å². The van der Waals surface area contributed by atoms with Gasteiger partial charge in [0.05, 0.1) is 12.2 Å². The van der Waals surface area contributed by atoms with Gasteiger partial charge < -0.3 is 15.9 Å². The Balaban J connectivity index is 2.26. The van der Waals surface area contributed by atoms with E-state index in [0.29, 0.717) is 12.3 Å². The van der Waals surface area contributed by atoms with Crippen molar-refractivity contribution in [3.05, 3.63) is 0 Å². The van der Waals surface area contributed by atoms with Gasteiger partial charge in [0.2, 0.25) is 0 Å². The van der Waals surface area contributed by atoms with Crippen molar-refractivity contribution >= 4 is 0 Å². The summed E-state index contributed by atoms with van der Waals surface area (Å²) in [5.41, 5.74) is 6.01. The van der Waals surface area contributed by atoms with Crippen molar-refractivity contribution in [2.75, 3.05) is 0 Å². The van der Waals surface area contributed by atoms with Crippen molar-refractivity contribution in [3.8, 4) is 0 Å². The highest BCUT2D eigenvalue weighted by Crippen LogP contribution is 2.28. The molecule has 3 atom stereocenters. The van der Waals surface area contributed by atoms with Crippen LogP contribution in [0.4, 0.5) is 0 Å². The minimum absolute atomic E-state index is 0.259. The second kappa shape index (κ2) is 8.06. The lowest BCUT2D eigenvalue weighted by Crippen LogP contribution is -2.44. The van der Waals surface area contributed by atoms with Gasteiger partial charge in [-0.25, -0.2) is 0 Å². The van der Waals surface area contributed by atoms with Gasteiger partial charge in [0.15, 0.2) is 0 Å². The molecule has 102 valence electrons. The zero-order valence-corrected chi connectivity index (χ0v) is 11.1. The third kappa shape index (κ3) is 5.36. The van der Waals surface area contributed by atoms with Crippen molar-refractivity contribution in [2.24, 2.45) is 11.7 Å². The summed E-state index contributed by atoms with van der Waals surface area (Å²) in [6.07, 6.45) is 8.55. The normalized spacial score (nSPS) is 23.3. The molecule has 1 fully saturated rings. The maximum atomic E-state index is 9.97. The standard InChI is InChI=1S/C14H29NO2/c1-2-3-9-13(16)14(17)12(15)10-11-7-5-4-6-8-11/h11-14,16-17H,2-10,15H2,1H3/t12-,13-,14+/m0/s1. The molecule has 0 aromatic heterocycles. The van der Waals surface area contributed by atoms with Gasteiger partial charge in [0.25, 0.3) is 0 Å². The molecule has 0 spiro atoms. The van der Waals surface area contributed by atoms with E-state index in [1.807, 2.05) is 0 Å². The largest absolute Gasteiger partial charge is 0.390 e. The fourth-order valence-corrected chi connectivity index (χ4v) is 2.82. The SMILES string of the molecule is CCCC[C@H](O)[C@H](O)[C@@H](N)CC1CCCCC1. The molecule has 1 aliphatic carbocycles. The van der Waals surface area contributed by atoms with Gasteiger partial charge in [-0.2, -0.15) is 0 Å². The van der Waals surface area contributed by atoms with Crippen molar-refractivity contribution in [1.29, 1.82) is 0 Å². The first-order valence-electron chi connectivity index (χ1n) is 7.26. The van der Waals surface area contributed by atoms with Crippen LogP contribution in [0.5, 0.6) is 0 Å². The molecular weight excluding hydrogens is 214 g/mol. The third-order valence-corrected chi connectivity index (χ3v) is 4.02. The highest BCUT2D eigenvalue weighted by molar-refractivity contribution is 4.82. The Kier molecular flexibility index (Phi) is 7.09. The average Bonchev–Trinajstić information content (AvgIpc) is 2.36. The van der Waals surface area contributed by atoms with Crippen molar-refractivity contribution in [1.82, 2.24) is 0 Å². The molecule has 3 heteroatoms. The number of hydrogen-bond donors (Lipinski definition) is 3. The molecule has 0 amide bonds. The highest BCUT2D eigenvalue weighted by atomic mass is 16.3. The van der Waals surface area contributed by atoms with E-state index in [0.717, 1.165) is 19.3 Å². The average molecular weight is 243 g/mol. The number of unbranched alkanes of at least 4 members (excludes halogenated alkanes) is 1. The molecule has 1 aliphatic rings. The summed E-state index contributed by atoms with van der Waals surface area (Å²) in [6, 6.07) is -0.259. The summed E-state index contributed by atoms with van der Waals surface area (Å²) in [6.45, 7) is 2.08. The van der Waals surface area contributed by atoms with E-state index < -0.39 is 12.2 Å². The Morgan fingerprint density at radius 3 is 2.41 bits per heavy atom. The van der Waals surface area contributed by atoms with Crippen LogP contribution in [0.15, 0.2) is 0 Å². The lowest BCUT2D eigenvalue weighted by Gasteiger charge is -2.29. The second-order valence-corrected chi connectivity index (χ2v) is 5.60. The summed E-state index contributed by atoms with van der Waals surface area (Å²) < 4.78 is 0. The molecule has 0 aromatic carbocycles. The van der Waals surface area contributed by atoms with Crippen molar-refractivity contribution in [2.45, 2.75) is 83.0 Å². The summed E-state index contributed by atoms with van der Waals surface area (Å²) in [4.78, 5) is 0. The maximum Gasteiger partial charge on any atom is 0.0949 e. The lowest BCUT2D eigenvalue weighted by molar-refractivity contribution is -0.00669. The Hall–Kier alpha value is -0.120. The lowest BCUT2D eigenvalue weighted by atomic mass is 9.83. The maximum absolute atomic E-state index is 9.97. The van der Waals surface area contributed by atoms with Gasteiger partial charge in [-0.05, 0) is 18.8 Å². The van der Waals surface area contributed by atoms with Gasteiger partial charge in [0, 0.05) is 6.04 Å². The van der Waals surface area contributed by atoms with E-state index in [-0.39, 0.29) is 6.04 Å². The molecule has 0 bridgehead atoms. The monoisotopic (exact) mass is 243 g/mol. The molecule has 0 saturated heterocycles. The minimum atomic E-state index is -0.747. The number of aliphatic hydroxyl groups excluding tert-OH is 2. The quantitative estimate of drug-likeness (QED) is 0.642. The number of nitrogens with two attached hydrogens (primary N) is 1. The van der Waals surface area contributed by atoms with Crippen LogP contribution in [-0.2, 0) is 0 Å². The van der Waals surface area contributed by atoms with Crippen LogP contribution in [0.3, 0.4) is 0 Å². The van der Waals surface area contributed by atoms with Crippen molar-refractivity contribution in [3.63, 3.8) is 0 Å². The first-order valence-corrected chi connectivity index (χ1v) is 7.26. The van der Waals surface area contributed by atoms with E-state index in [2.05, 4.69) is 6.92 Å². The van der Waals surface area contributed by atoms with E-state index in [9.17, 15) is 10.2 Å². The van der Waals surface area contributed by atoms with Gasteiger partial charge in [-0.1, -0.05) is 51.9 Å². The van der Waals surface area contributed by atoms with E-state index in [1.54, 1.807) is 0 Å². The Bertz CT molecular complexity index is 193. The number of aliphatic hydroxyl groups is 2. The zero-order chi connectivity index (χ0) is 12.7. The molecule has 1 saturated carbocycles. The molecular formula is C14H29NO2. The van der Waals surface area contributed by atoms with Crippen LogP contribution in [-0.4, -0.2) is 28.5 Å². The summed E-state index contributed by atoms with van der Waals surface area (Å²) in [5, 5.41) is 19.8. The smallest absolute Gasteiger partial charge is 0.0949 e. The number of hydrogen-bond acceptors (Lipinski definition) is 3. The second-order valence-electron chi connectivity index (χ2n) is 5.60. The number of rotatable bonds is 7. The minimum Gasteiger partial charge on any atom is -0.390 e. The van der Waals surface area contributed by atoms with E-state index in [1.165, 1.54) is 32.1 Å². The van der Waals surface area contributed by atoms with Gasteiger partial charge in [-0.3, -0.25) is 0 Å². The topological polar surface area (TPSA) is 66.5 Å². The van der Waals surface area contributed by atoms with Crippen LogP contribution in [0.2, 0.25) is 0 Å². The molecule has 0 aliphatic heterocycles. The Labute approximate surface area is 105 Å². The molecule has 0 aromatic rings. The molecule has 4 N–H and O–H groups in total. The van der Waals surface area contributed by atoms with Gasteiger partial charge in [-0.15, -0.1) is 0 Å². The molecule has 3 nitrogen and oxygen atoms in total. The van der Waals surface area contributed by atoms with Crippen LogP contribution in [0.25, 0.3) is 0 Å². The van der Waals surface area contributed by atoms with Crippen LogP contribution in [0, 0.1) is 5.92 Å². The van der Waals surface area contributed by atoms with E-state index in [4.69, 9.17) is 5.73 Å². The predicted molar refractivity (Wildman–Crippen MR) is 70.7 cm³/mol. The first kappa shape index (κ1) is 14.9. The fourth-order valence-electron chi connectivity index (χ4n) is 2.82. The first-order chi connectivity index (χ1) is 8.15. The molecule has 0 unspecified atom stereocenters. The molecule has 0 radical (unpaired) electrons. The van der Waals surface area contributed by atoms with E-state index >= 15 is 0 Å². The molecule has 1 rings (SSSR count).